The van der Waals surface area contributed by atoms with Crippen molar-refractivity contribution in [1.29, 1.82) is 0 Å². The van der Waals surface area contributed by atoms with E-state index < -0.39 is 17.7 Å². The first-order valence-electron chi connectivity index (χ1n) is 12.5. The van der Waals surface area contributed by atoms with E-state index in [1.807, 2.05) is 36.2 Å². The molecule has 0 aliphatic carbocycles. The summed E-state index contributed by atoms with van der Waals surface area (Å²) in [4.78, 5) is 30.5. The molecule has 0 aromatic heterocycles. The number of fused-ring (bicyclic) bond motifs is 1. The number of hydrogen-bond acceptors (Lipinski definition) is 7. The minimum absolute atomic E-state index is 0.0216. The molecule has 8 nitrogen and oxygen atoms in total. The van der Waals surface area contributed by atoms with Crippen LogP contribution in [0.25, 0.3) is 5.76 Å². The third kappa shape index (κ3) is 4.22. The second-order valence-electron chi connectivity index (χ2n) is 9.26. The predicted octanol–water partition coefficient (Wildman–Crippen LogP) is 4.72. The second kappa shape index (κ2) is 10.1. The average molecular weight is 515 g/mol. The summed E-state index contributed by atoms with van der Waals surface area (Å²) >= 11 is 0. The number of nitrogens with zero attached hydrogens (tertiary/aromatic N) is 2. The van der Waals surface area contributed by atoms with Crippen LogP contribution >= 0.6 is 0 Å². The molecule has 1 unspecified atom stereocenters. The maximum absolute atomic E-state index is 13.5. The molecule has 3 aromatic rings. The van der Waals surface area contributed by atoms with E-state index in [0.29, 0.717) is 47.2 Å². The van der Waals surface area contributed by atoms with Crippen molar-refractivity contribution in [2.75, 3.05) is 44.2 Å². The van der Waals surface area contributed by atoms with Gasteiger partial charge in [-0.1, -0.05) is 31.2 Å². The monoisotopic (exact) mass is 514 g/mol. The highest BCUT2D eigenvalue weighted by Gasteiger charge is 2.47. The van der Waals surface area contributed by atoms with Crippen molar-refractivity contribution in [1.82, 2.24) is 0 Å². The van der Waals surface area contributed by atoms with Crippen LogP contribution in [0.4, 0.5) is 11.4 Å². The number of aliphatic hydroxyl groups excluding tert-OH is 1. The average Bonchev–Trinajstić information content (AvgIpc) is 3.22. The Morgan fingerprint density at radius 3 is 2.42 bits per heavy atom. The van der Waals surface area contributed by atoms with Gasteiger partial charge in [0.2, 0.25) is 0 Å². The largest absolute Gasteiger partial charge is 0.507 e. The lowest BCUT2D eigenvalue weighted by molar-refractivity contribution is -0.132. The first-order chi connectivity index (χ1) is 18.4. The van der Waals surface area contributed by atoms with E-state index in [1.54, 1.807) is 36.4 Å². The van der Waals surface area contributed by atoms with Crippen molar-refractivity contribution in [3.8, 4) is 17.2 Å². The number of likely N-dealkylation sites (N-methyl/N-ethyl adjacent to an activating group) is 1. The molecule has 1 fully saturated rings. The molecule has 1 atom stereocenters. The number of amides is 1. The summed E-state index contributed by atoms with van der Waals surface area (Å²) in [6.45, 7) is 3.32. The summed E-state index contributed by atoms with van der Waals surface area (Å²) in [6, 6.07) is 17.2. The van der Waals surface area contributed by atoms with Crippen LogP contribution in [0.15, 0.2) is 66.2 Å². The predicted molar refractivity (Wildman–Crippen MR) is 145 cm³/mol. The number of ether oxygens (including phenoxy) is 3. The normalized spacial score (nSPS) is 18.3. The zero-order chi connectivity index (χ0) is 27.0. The van der Waals surface area contributed by atoms with Gasteiger partial charge in [0.1, 0.15) is 18.1 Å². The Morgan fingerprint density at radius 1 is 1.00 bits per heavy atom. The zero-order valence-electron chi connectivity index (χ0n) is 21.9. The smallest absolute Gasteiger partial charge is 0.300 e. The first-order valence-corrected chi connectivity index (χ1v) is 12.5. The Morgan fingerprint density at radius 2 is 1.74 bits per heavy atom. The van der Waals surface area contributed by atoms with E-state index in [1.165, 1.54) is 19.1 Å². The number of anilines is 2. The van der Waals surface area contributed by atoms with E-state index >= 15 is 0 Å². The third-order valence-corrected chi connectivity index (χ3v) is 7.12. The molecule has 3 aromatic carbocycles. The van der Waals surface area contributed by atoms with Gasteiger partial charge >= 0.3 is 0 Å². The highest BCUT2D eigenvalue weighted by Crippen LogP contribution is 2.45. The molecule has 8 heteroatoms. The molecule has 5 rings (SSSR count). The van der Waals surface area contributed by atoms with Crippen LogP contribution in [-0.4, -0.2) is 51.2 Å². The molecule has 1 amide bonds. The van der Waals surface area contributed by atoms with Gasteiger partial charge in [0.15, 0.2) is 11.5 Å². The van der Waals surface area contributed by atoms with Crippen molar-refractivity contribution in [3.05, 3.63) is 82.9 Å². The van der Waals surface area contributed by atoms with E-state index in [0.717, 1.165) is 17.7 Å². The molecule has 0 saturated carbocycles. The van der Waals surface area contributed by atoms with Crippen molar-refractivity contribution in [3.63, 3.8) is 0 Å². The van der Waals surface area contributed by atoms with Crippen LogP contribution in [0.5, 0.6) is 17.2 Å². The van der Waals surface area contributed by atoms with Gasteiger partial charge in [-0.05, 0) is 47.9 Å². The minimum Gasteiger partial charge on any atom is -0.507 e. The molecule has 2 aliphatic heterocycles. The van der Waals surface area contributed by atoms with Crippen molar-refractivity contribution < 1.29 is 28.9 Å². The number of methoxy groups -OCH3 is 2. The fourth-order valence-electron chi connectivity index (χ4n) is 4.98. The Balaban J connectivity index is 1.69. The van der Waals surface area contributed by atoms with Crippen molar-refractivity contribution in [2.24, 2.45) is 0 Å². The number of carbonyl (C=O) groups is 2. The molecule has 0 radical (unpaired) electrons. The summed E-state index contributed by atoms with van der Waals surface area (Å²) in [5.41, 5.74) is 3.53. The van der Waals surface area contributed by atoms with Gasteiger partial charge in [-0.3, -0.25) is 14.5 Å². The van der Waals surface area contributed by atoms with Crippen LogP contribution in [0.1, 0.15) is 29.7 Å². The van der Waals surface area contributed by atoms with Gasteiger partial charge in [-0.15, -0.1) is 0 Å². The molecule has 2 heterocycles. The molecule has 2 aliphatic rings. The number of hydrogen-bond donors (Lipinski definition) is 1. The molecule has 196 valence electrons. The van der Waals surface area contributed by atoms with E-state index in [9.17, 15) is 14.7 Å². The summed E-state index contributed by atoms with van der Waals surface area (Å²) in [5, 5.41) is 11.6. The SMILES string of the molecule is CCc1ccc(C2/C(=C(/O)c3ccc4c(c3)N(C)CCO4)C(=O)C(=O)N2c2ccc(OC)c(OC)c2)cc1. The number of carbonyl (C=O) groups excluding carboxylic acids is 2. The second-order valence-corrected chi connectivity index (χ2v) is 9.26. The molecule has 1 saturated heterocycles. The van der Waals surface area contributed by atoms with Crippen LogP contribution < -0.4 is 24.0 Å². The standard InChI is InChI=1S/C30H30N2O6/c1-5-18-6-8-19(9-7-18)27-26(28(33)20-10-12-23-22(16-20)31(2)14-15-38-23)29(34)30(35)32(27)21-11-13-24(36-3)25(17-21)37-4/h6-13,16-17,27,33H,5,14-15H2,1-4H3/b28-26-. The molecule has 1 N–H and O–H groups in total. The number of ketones is 1. The lowest BCUT2D eigenvalue weighted by Crippen LogP contribution is -2.29. The Kier molecular flexibility index (Phi) is 6.72. The summed E-state index contributed by atoms with van der Waals surface area (Å²) in [7, 11) is 4.98. The highest BCUT2D eigenvalue weighted by molar-refractivity contribution is 6.51. The third-order valence-electron chi connectivity index (χ3n) is 7.12. The zero-order valence-corrected chi connectivity index (χ0v) is 21.9. The van der Waals surface area contributed by atoms with Gasteiger partial charge in [-0.2, -0.15) is 0 Å². The van der Waals surface area contributed by atoms with Crippen LogP contribution in [0, 0.1) is 0 Å². The van der Waals surface area contributed by atoms with Gasteiger partial charge in [0.05, 0.1) is 38.1 Å². The van der Waals surface area contributed by atoms with Gasteiger partial charge < -0.3 is 24.2 Å². The minimum atomic E-state index is -0.844. The van der Waals surface area contributed by atoms with Gasteiger partial charge in [0, 0.05) is 24.4 Å². The maximum Gasteiger partial charge on any atom is 0.300 e. The number of aliphatic hydroxyl groups is 1. The lowest BCUT2D eigenvalue weighted by Gasteiger charge is -2.28. The van der Waals surface area contributed by atoms with Gasteiger partial charge in [0.25, 0.3) is 11.7 Å². The fourth-order valence-corrected chi connectivity index (χ4v) is 4.98. The Hall–Kier alpha value is -4.46. The Bertz CT molecular complexity index is 1430. The van der Waals surface area contributed by atoms with Crippen LogP contribution in [-0.2, 0) is 16.0 Å². The number of rotatable bonds is 6. The topological polar surface area (TPSA) is 88.5 Å². The quantitative estimate of drug-likeness (QED) is 0.289. The lowest BCUT2D eigenvalue weighted by atomic mass is 9.94. The number of Topliss-reactive ketones (excluding diaryl/α,β-unsaturated/α-hetero) is 1. The number of benzene rings is 3. The van der Waals surface area contributed by atoms with E-state index in [2.05, 4.69) is 6.92 Å². The summed E-state index contributed by atoms with van der Waals surface area (Å²) in [6.07, 6.45) is 0.848. The Labute approximate surface area is 221 Å². The molecule has 38 heavy (non-hydrogen) atoms. The van der Waals surface area contributed by atoms with Crippen LogP contribution in [0.2, 0.25) is 0 Å². The first kappa shape index (κ1) is 25.2. The van der Waals surface area contributed by atoms with Gasteiger partial charge in [-0.25, -0.2) is 0 Å². The van der Waals surface area contributed by atoms with Crippen molar-refractivity contribution >= 4 is 28.8 Å². The highest BCUT2D eigenvalue weighted by atomic mass is 16.5. The molecular formula is C30H30N2O6. The van der Waals surface area contributed by atoms with Crippen molar-refractivity contribution in [2.45, 2.75) is 19.4 Å². The summed E-state index contributed by atoms with van der Waals surface area (Å²) in [5.74, 6) is -0.113. The van der Waals surface area contributed by atoms with Crippen LogP contribution in [0.3, 0.4) is 0 Å². The van der Waals surface area contributed by atoms with E-state index in [-0.39, 0.29) is 11.3 Å². The maximum atomic E-state index is 13.5. The summed E-state index contributed by atoms with van der Waals surface area (Å²) < 4.78 is 16.5. The molecule has 0 spiro atoms. The molecule has 0 bridgehead atoms. The number of aryl methyl sites for hydroxylation is 1. The molecular weight excluding hydrogens is 484 g/mol. The fraction of sp³-hybridized carbons (Fsp3) is 0.267. The van der Waals surface area contributed by atoms with E-state index in [4.69, 9.17) is 14.2 Å².